The summed E-state index contributed by atoms with van der Waals surface area (Å²) < 4.78 is 0. The van der Waals surface area contributed by atoms with Crippen molar-refractivity contribution >= 4 is 11.5 Å². The fourth-order valence-corrected chi connectivity index (χ4v) is 1.61. The fourth-order valence-electron chi connectivity index (χ4n) is 1.61. The van der Waals surface area contributed by atoms with Crippen molar-refractivity contribution in [2.75, 3.05) is 0 Å². The van der Waals surface area contributed by atoms with Gasteiger partial charge in [0.2, 0.25) is 0 Å². The third-order valence-electron chi connectivity index (χ3n) is 2.94. The number of benzene rings is 2. The first-order chi connectivity index (χ1) is 11.5. The first-order valence-electron chi connectivity index (χ1n) is 8.51. The summed E-state index contributed by atoms with van der Waals surface area (Å²) in [6.07, 6.45) is 0. The lowest BCUT2D eigenvalue weighted by Gasteiger charge is -2.04. The first-order valence-corrected chi connectivity index (χ1v) is 8.51. The summed E-state index contributed by atoms with van der Waals surface area (Å²) in [4.78, 5) is 10.5. The summed E-state index contributed by atoms with van der Waals surface area (Å²) in [5, 5.41) is 8.64. The van der Waals surface area contributed by atoms with E-state index in [1.165, 1.54) is 5.56 Å². The maximum absolute atomic E-state index is 10.5. The van der Waals surface area contributed by atoms with E-state index in [2.05, 4.69) is 18.7 Å². The van der Waals surface area contributed by atoms with Crippen LogP contribution in [0.15, 0.2) is 67.2 Å². The van der Waals surface area contributed by atoms with E-state index in [4.69, 9.17) is 5.11 Å². The average Bonchev–Trinajstić information content (AvgIpc) is 2.66. The van der Waals surface area contributed by atoms with Gasteiger partial charge in [-0.3, -0.25) is 4.79 Å². The molecule has 0 fully saturated rings. The van der Waals surface area contributed by atoms with Gasteiger partial charge >= 0.3 is 5.97 Å². The predicted octanol–water partition coefficient (Wildman–Crippen LogP) is 6.65. The summed E-state index contributed by atoms with van der Waals surface area (Å²) in [7, 11) is 0. The Morgan fingerprint density at radius 1 is 0.875 bits per heavy atom. The largest absolute Gasteiger partial charge is 0.481 e. The van der Waals surface area contributed by atoms with Gasteiger partial charge in [0.15, 0.2) is 0 Å². The number of aliphatic carboxylic acids is 1. The second-order valence-electron chi connectivity index (χ2n) is 4.62. The van der Waals surface area contributed by atoms with Crippen LogP contribution in [0.5, 0.6) is 0 Å². The van der Waals surface area contributed by atoms with Crippen molar-refractivity contribution in [2.24, 2.45) is 0 Å². The highest BCUT2D eigenvalue weighted by Gasteiger charge is 2.11. The molecular formula is C22H32O2. The molecule has 132 valence electrons. The monoisotopic (exact) mass is 328 g/mol. The van der Waals surface area contributed by atoms with Crippen LogP contribution in [0.3, 0.4) is 0 Å². The van der Waals surface area contributed by atoms with Gasteiger partial charge in [-0.15, -0.1) is 0 Å². The van der Waals surface area contributed by atoms with Crippen molar-refractivity contribution in [3.63, 3.8) is 0 Å². The van der Waals surface area contributed by atoms with E-state index in [1.807, 2.05) is 83.1 Å². The van der Waals surface area contributed by atoms with Gasteiger partial charge in [0, 0.05) is 0 Å². The molecule has 0 amide bonds. The Labute approximate surface area is 147 Å². The molecule has 2 aromatic rings. The van der Waals surface area contributed by atoms with Crippen LogP contribution in [0.25, 0.3) is 5.57 Å². The van der Waals surface area contributed by atoms with Crippen LogP contribution in [-0.4, -0.2) is 11.1 Å². The molecule has 0 heterocycles. The highest BCUT2D eigenvalue weighted by Crippen LogP contribution is 2.13. The normalized spacial score (nSPS) is 9.58. The maximum Gasteiger partial charge on any atom is 0.310 e. The number of hydrogen-bond acceptors (Lipinski definition) is 1. The molecule has 2 heteroatoms. The van der Waals surface area contributed by atoms with Crippen LogP contribution >= 0.6 is 0 Å². The van der Waals surface area contributed by atoms with Gasteiger partial charge in [0.05, 0.1) is 5.92 Å². The van der Waals surface area contributed by atoms with Crippen LogP contribution in [-0.2, 0) is 4.79 Å². The van der Waals surface area contributed by atoms with Crippen molar-refractivity contribution < 1.29 is 9.90 Å². The third kappa shape index (κ3) is 10.4. The highest BCUT2D eigenvalue weighted by atomic mass is 16.4. The number of carboxylic acids is 1. The Balaban J connectivity index is 0. The van der Waals surface area contributed by atoms with E-state index < -0.39 is 11.9 Å². The van der Waals surface area contributed by atoms with Gasteiger partial charge in [-0.2, -0.15) is 0 Å². The Morgan fingerprint density at radius 3 is 1.54 bits per heavy atom. The molecule has 0 unspecified atom stereocenters. The molecule has 24 heavy (non-hydrogen) atoms. The lowest BCUT2D eigenvalue weighted by atomic mass is 10.0. The van der Waals surface area contributed by atoms with Crippen molar-refractivity contribution in [3.05, 3.63) is 78.4 Å². The zero-order chi connectivity index (χ0) is 19.0. The van der Waals surface area contributed by atoms with Gasteiger partial charge in [0.25, 0.3) is 0 Å². The Morgan fingerprint density at radius 2 is 1.25 bits per heavy atom. The van der Waals surface area contributed by atoms with Crippen molar-refractivity contribution in [3.8, 4) is 0 Å². The third-order valence-corrected chi connectivity index (χ3v) is 2.94. The topological polar surface area (TPSA) is 37.3 Å². The molecule has 1 atom stereocenters. The molecule has 0 radical (unpaired) electrons. The van der Waals surface area contributed by atoms with Crippen LogP contribution < -0.4 is 0 Å². The minimum absolute atomic E-state index is 0.406. The molecule has 2 aromatic carbocycles. The molecular weight excluding hydrogens is 296 g/mol. The van der Waals surface area contributed by atoms with Crippen LogP contribution in [0.2, 0.25) is 0 Å². The Kier molecular flexibility index (Phi) is 15.5. The lowest BCUT2D eigenvalue weighted by molar-refractivity contribution is -0.138. The molecule has 0 bridgehead atoms. The molecule has 1 N–H and O–H groups in total. The fraction of sp³-hybridized carbons (Fsp3) is 0.318. The smallest absolute Gasteiger partial charge is 0.310 e. The average molecular weight is 328 g/mol. The van der Waals surface area contributed by atoms with Crippen LogP contribution in [0, 0.1) is 0 Å². The van der Waals surface area contributed by atoms with Gasteiger partial charge in [0.1, 0.15) is 0 Å². The summed E-state index contributed by atoms with van der Waals surface area (Å²) in [6.45, 7) is 15.5. The van der Waals surface area contributed by atoms with E-state index in [1.54, 1.807) is 6.92 Å². The van der Waals surface area contributed by atoms with Crippen molar-refractivity contribution in [2.45, 2.75) is 47.5 Å². The zero-order valence-corrected chi connectivity index (χ0v) is 15.9. The summed E-state index contributed by atoms with van der Waals surface area (Å²) >= 11 is 0. The van der Waals surface area contributed by atoms with Crippen molar-refractivity contribution in [1.82, 2.24) is 0 Å². The number of allylic oxidation sites excluding steroid dienone is 1. The second kappa shape index (κ2) is 15.5. The molecule has 2 rings (SSSR count). The number of hydrogen-bond donors (Lipinski definition) is 1. The zero-order valence-electron chi connectivity index (χ0n) is 15.9. The Hall–Kier alpha value is -2.35. The van der Waals surface area contributed by atoms with E-state index >= 15 is 0 Å². The number of rotatable bonds is 3. The van der Waals surface area contributed by atoms with Crippen LogP contribution in [0.1, 0.15) is 58.6 Å². The van der Waals surface area contributed by atoms with E-state index in [0.717, 1.165) is 11.1 Å². The molecule has 0 saturated carbocycles. The summed E-state index contributed by atoms with van der Waals surface area (Å²) in [5.74, 6) is -1.19. The van der Waals surface area contributed by atoms with Crippen LogP contribution in [0.4, 0.5) is 0 Å². The highest BCUT2D eigenvalue weighted by molar-refractivity contribution is 5.75. The molecule has 0 aromatic heterocycles. The summed E-state index contributed by atoms with van der Waals surface area (Å²) in [6, 6.07) is 19.4. The van der Waals surface area contributed by atoms with Gasteiger partial charge in [-0.1, -0.05) is 101 Å². The van der Waals surface area contributed by atoms with Gasteiger partial charge < -0.3 is 5.11 Å². The minimum atomic E-state index is -0.781. The molecule has 0 saturated heterocycles. The second-order valence-corrected chi connectivity index (χ2v) is 4.62. The van der Waals surface area contributed by atoms with Gasteiger partial charge in [-0.25, -0.2) is 0 Å². The Bertz CT molecular complexity index is 545. The van der Waals surface area contributed by atoms with Gasteiger partial charge in [-0.05, 0) is 25.0 Å². The van der Waals surface area contributed by atoms with E-state index in [-0.39, 0.29) is 0 Å². The van der Waals surface area contributed by atoms with E-state index in [0.29, 0.717) is 0 Å². The van der Waals surface area contributed by atoms with E-state index in [9.17, 15) is 4.79 Å². The maximum atomic E-state index is 10.5. The lowest BCUT2D eigenvalue weighted by Crippen LogP contribution is -2.06. The summed E-state index contributed by atoms with van der Waals surface area (Å²) in [5.41, 5.74) is 3.19. The molecule has 2 nitrogen and oxygen atoms in total. The molecule has 0 aliphatic rings. The standard InChI is InChI=1S/C9H10O2.C9H10.2C2H6/c1-7(9(10)11)8-5-3-2-4-6-8;1-8(2)9-6-4-3-5-7-9;2*1-2/h2-7H,1H3,(H,10,11);3-7H,1H2,2H3;2*1-2H3/t7-;;;/m0.../s1. The SMILES string of the molecule is C=C(C)c1ccccc1.CC.CC.C[C@H](C(=O)O)c1ccccc1. The number of carbonyl (C=O) groups is 1. The van der Waals surface area contributed by atoms with Crippen molar-refractivity contribution in [1.29, 1.82) is 0 Å². The minimum Gasteiger partial charge on any atom is -0.481 e. The molecule has 0 aliphatic carbocycles. The predicted molar refractivity (Wildman–Crippen MR) is 106 cm³/mol. The first kappa shape index (κ1) is 23.9. The molecule has 0 spiro atoms. The number of carboxylic acid groups (broad SMARTS) is 1. The molecule has 0 aliphatic heterocycles. The quantitative estimate of drug-likeness (QED) is 0.685.